The summed E-state index contributed by atoms with van der Waals surface area (Å²) in [7, 11) is 3.87. The van der Waals surface area contributed by atoms with Gasteiger partial charge in [0.15, 0.2) is 5.76 Å². The van der Waals surface area contributed by atoms with Crippen LogP contribution in [0.25, 0.3) is 11.3 Å². The van der Waals surface area contributed by atoms with Crippen molar-refractivity contribution in [3.8, 4) is 11.3 Å². The molecule has 1 aliphatic heterocycles. The molecule has 7 heteroatoms. The van der Waals surface area contributed by atoms with E-state index in [1.54, 1.807) is 0 Å². The first kappa shape index (κ1) is 20.8. The van der Waals surface area contributed by atoms with Crippen molar-refractivity contribution in [2.45, 2.75) is 71.3 Å². The summed E-state index contributed by atoms with van der Waals surface area (Å²) in [5.41, 5.74) is 3.59. The molecule has 1 saturated heterocycles. The molecule has 2 fully saturated rings. The van der Waals surface area contributed by atoms with Crippen molar-refractivity contribution in [1.82, 2.24) is 20.0 Å². The summed E-state index contributed by atoms with van der Waals surface area (Å²) in [5, 5.41) is 4.13. The Morgan fingerprint density at radius 3 is 2.60 bits per heavy atom. The number of rotatable bonds is 5. The Morgan fingerprint density at radius 2 is 1.93 bits per heavy atom. The van der Waals surface area contributed by atoms with Crippen LogP contribution in [0.1, 0.15) is 74.4 Å². The summed E-state index contributed by atoms with van der Waals surface area (Å²) in [6.45, 7) is 4.74. The molecule has 1 saturated carbocycles. The van der Waals surface area contributed by atoms with E-state index in [1.165, 1.54) is 32.1 Å². The van der Waals surface area contributed by atoms with Gasteiger partial charge in [-0.1, -0.05) is 24.4 Å². The van der Waals surface area contributed by atoms with Crippen LogP contribution in [0.5, 0.6) is 0 Å². The number of nitrogens with zero attached hydrogens (tertiary/aromatic N) is 5. The van der Waals surface area contributed by atoms with E-state index < -0.39 is 0 Å². The monoisotopic (exact) mass is 411 g/mol. The fraction of sp³-hybridized carbons (Fsp3) is 0.652. The molecule has 0 spiro atoms. The predicted octanol–water partition coefficient (Wildman–Crippen LogP) is 4.45. The van der Waals surface area contributed by atoms with Crippen LogP contribution in [0.4, 0.5) is 5.95 Å². The summed E-state index contributed by atoms with van der Waals surface area (Å²) < 4.78 is 5.65. The Bertz CT molecular complexity index is 901. The molecule has 30 heavy (non-hydrogen) atoms. The molecule has 1 atom stereocenters. The van der Waals surface area contributed by atoms with E-state index in [1.807, 2.05) is 39.0 Å². The SMILES string of the molecule is Cc1noc(-c2cnc(N(C)C)nc2C2CCCN2C(=O)CC2CCCCC2)c1C. The van der Waals surface area contributed by atoms with Crippen LogP contribution in [0, 0.1) is 19.8 Å². The van der Waals surface area contributed by atoms with Crippen LogP contribution in [-0.4, -0.2) is 46.6 Å². The van der Waals surface area contributed by atoms with Gasteiger partial charge in [0, 0.05) is 38.8 Å². The van der Waals surface area contributed by atoms with Crippen molar-refractivity contribution in [1.29, 1.82) is 0 Å². The number of aryl methyl sites for hydroxylation is 1. The molecule has 1 unspecified atom stereocenters. The third-order valence-corrected chi connectivity index (χ3v) is 6.68. The molecule has 2 aromatic heterocycles. The minimum absolute atomic E-state index is 0.0393. The van der Waals surface area contributed by atoms with E-state index >= 15 is 0 Å². The summed E-state index contributed by atoms with van der Waals surface area (Å²) in [6.07, 6.45) is 10.6. The van der Waals surface area contributed by atoms with Gasteiger partial charge in [0.1, 0.15) is 0 Å². The second-order valence-corrected chi connectivity index (χ2v) is 9.04. The van der Waals surface area contributed by atoms with Gasteiger partial charge in [-0.2, -0.15) is 0 Å². The molecule has 0 aromatic carbocycles. The molecule has 2 aliphatic rings. The molecular formula is C23H33N5O2. The smallest absolute Gasteiger partial charge is 0.225 e. The quantitative estimate of drug-likeness (QED) is 0.724. The molecule has 162 valence electrons. The van der Waals surface area contributed by atoms with Gasteiger partial charge >= 0.3 is 0 Å². The van der Waals surface area contributed by atoms with Crippen LogP contribution < -0.4 is 4.90 Å². The van der Waals surface area contributed by atoms with Gasteiger partial charge in [-0.25, -0.2) is 9.97 Å². The Balaban J connectivity index is 1.67. The zero-order valence-electron chi connectivity index (χ0n) is 18.6. The maximum absolute atomic E-state index is 13.3. The molecular weight excluding hydrogens is 378 g/mol. The van der Waals surface area contributed by atoms with Crippen LogP contribution in [0.3, 0.4) is 0 Å². The molecule has 1 aliphatic carbocycles. The van der Waals surface area contributed by atoms with Crippen LogP contribution in [0.15, 0.2) is 10.7 Å². The van der Waals surface area contributed by atoms with Gasteiger partial charge in [0.2, 0.25) is 11.9 Å². The van der Waals surface area contributed by atoms with E-state index in [2.05, 4.69) is 15.0 Å². The number of hydrogen-bond donors (Lipinski definition) is 0. The lowest BCUT2D eigenvalue weighted by Crippen LogP contribution is -2.33. The number of hydrogen-bond acceptors (Lipinski definition) is 6. The van der Waals surface area contributed by atoms with Crippen molar-refractivity contribution in [2.75, 3.05) is 25.5 Å². The zero-order chi connectivity index (χ0) is 21.3. The van der Waals surface area contributed by atoms with Crippen LogP contribution in [-0.2, 0) is 4.79 Å². The third kappa shape index (κ3) is 4.07. The summed E-state index contributed by atoms with van der Waals surface area (Å²) in [4.78, 5) is 26.6. The Kier molecular flexibility index (Phi) is 6.06. The Morgan fingerprint density at radius 1 is 1.17 bits per heavy atom. The van der Waals surface area contributed by atoms with E-state index in [9.17, 15) is 4.79 Å². The lowest BCUT2D eigenvalue weighted by Gasteiger charge is -2.29. The van der Waals surface area contributed by atoms with Crippen LogP contribution in [0.2, 0.25) is 0 Å². The number of anilines is 1. The molecule has 7 nitrogen and oxygen atoms in total. The molecule has 2 aromatic rings. The number of carbonyl (C=O) groups is 1. The number of likely N-dealkylation sites (tertiary alicyclic amines) is 1. The highest BCUT2D eigenvalue weighted by Crippen LogP contribution is 2.39. The fourth-order valence-electron chi connectivity index (χ4n) is 4.80. The van der Waals surface area contributed by atoms with Crippen molar-refractivity contribution in [3.63, 3.8) is 0 Å². The topological polar surface area (TPSA) is 75.4 Å². The maximum Gasteiger partial charge on any atom is 0.225 e. The second-order valence-electron chi connectivity index (χ2n) is 9.04. The van der Waals surface area contributed by atoms with E-state index in [-0.39, 0.29) is 11.9 Å². The Labute approximate surface area is 178 Å². The molecule has 1 amide bonds. The van der Waals surface area contributed by atoms with Gasteiger partial charge in [0.05, 0.1) is 23.0 Å². The number of aromatic nitrogens is 3. The summed E-state index contributed by atoms with van der Waals surface area (Å²) in [5.74, 6) is 2.16. The van der Waals surface area contributed by atoms with E-state index in [0.717, 1.165) is 41.9 Å². The zero-order valence-corrected chi connectivity index (χ0v) is 18.6. The third-order valence-electron chi connectivity index (χ3n) is 6.68. The number of amides is 1. The molecule has 0 bridgehead atoms. The highest BCUT2D eigenvalue weighted by atomic mass is 16.5. The van der Waals surface area contributed by atoms with Crippen molar-refractivity contribution >= 4 is 11.9 Å². The first-order valence-electron chi connectivity index (χ1n) is 11.2. The minimum atomic E-state index is -0.0393. The van der Waals surface area contributed by atoms with Gasteiger partial charge in [-0.15, -0.1) is 0 Å². The highest BCUT2D eigenvalue weighted by Gasteiger charge is 2.35. The maximum atomic E-state index is 13.3. The van der Waals surface area contributed by atoms with Gasteiger partial charge < -0.3 is 14.3 Å². The van der Waals surface area contributed by atoms with Gasteiger partial charge in [-0.3, -0.25) is 4.79 Å². The van der Waals surface area contributed by atoms with Gasteiger partial charge in [-0.05, 0) is 45.4 Å². The van der Waals surface area contributed by atoms with Crippen molar-refractivity contribution in [3.05, 3.63) is 23.1 Å². The summed E-state index contributed by atoms with van der Waals surface area (Å²) in [6, 6.07) is -0.0393. The van der Waals surface area contributed by atoms with Crippen LogP contribution >= 0.6 is 0 Å². The van der Waals surface area contributed by atoms with Crippen molar-refractivity contribution in [2.24, 2.45) is 5.92 Å². The first-order valence-corrected chi connectivity index (χ1v) is 11.2. The molecule has 0 radical (unpaired) electrons. The predicted molar refractivity (Wildman–Crippen MR) is 116 cm³/mol. The lowest BCUT2D eigenvalue weighted by molar-refractivity contribution is -0.133. The summed E-state index contributed by atoms with van der Waals surface area (Å²) >= 11 is 0. The molecule has 3 heterocycles. The highest BCUT2D eigenvalue weighted by molar-refractivity contribution is 5.78. The minimum Gasteiger partial charge on any atom is -0.356 e. The average molecular weight is 412 g/mol. The average Bonchev–Trinajstić information content (AvgIpc) is 3.36. The first-order chi connectivity index (χ1) is 14.5. The lowest BCUT2D eigenvalue weighted by atomic mass is 9.86. The fourth-order valence-corrected chi connectivity index (χ4v) is 4.80. The normalized spacial score (nSPS) is 20.0. The Hall–Kier alpha value is -2.44. The van der Waals surface area contributed by atoms with Gasteiger partial charge in [0.25, 0.3) is 0 Å². The second kappa shape index (κ2) is 8.74. The standard InChI is InChI=1S/C23H33N5O2/c1-15-16(2)26-30-22(15)18-14-24-23(27(3)4)25-21(18)19-11-8-12-28(19)20(29)13-17-9-6-5-7-10-17/h14,17,19H,5-13H2,1-4H3. The van der Waals surface area contributed by atoms with E-state index in [4.69, 9.17) is 9.51 Å². The van der Waals surface area contributed by atoms with E-state index in [0.29, 0.717) is 24.0 Å². The molecule has 0 N–H and O–H groups in total. The number of carbonyl (C=O) groups excluding carboxylic acids is 1. The van der Waals surface area contributed by atoms with Crippen molar-refractivity contribution < 1.29 is 9.32 Å². The molecule has 4 rings (SSSR count). The largest absolute Gasteiger partial charge is 0.356 e.